The van der Waals surface area contributed by atoms with Gasteiger partial charge >= 0.3 is 0 Å². The van der Waals surface area contributed by atoms with Crippen LogP contribution in [-0.2, 0) is 11.8 Å². The first-order chi connectivity index (χ1) is 16.3. The Balaban J connectivity index is 1.67. The Bertz CT molecular complexity index is 1630. The maximum absolute atomic E-state index is 13.6. The van der Waals surface area contributed by atoms with Gasteiger partial charge in [0.1, 0.15) is 17.6 Å². The van der Waals surface area contributed by atoms with E-state index in [1.807, 2.05) is 57.4 Å². The summed E-state index contributed by atoms with van der Waals surface area (Å²) < 4.78 is 9.66. The molecule has 0 bridgehead atoms. The maximum atomic E-state index is 13.6. The van der Waals surface area contributed by atoms with E-state index in [-0.39, 0.29) is 11.5 Å². The van der Waals surface area contributed by atoms with Crippen LogP contribution in [-0.4, -0.2) is 20.3 Å². The van der Waals surface area contributed by atoms with Crippen LogP contribution in [0.3, 0.4) is 0 Å². The molecule has 5 rings (SSSR count). The molecule has 0 radical (unpaired) electrons. The first kappa shape index (κ1) is 21.8. The fourth-order valence-corrected chi connectivity index (χ4v) is 5.10. The molecule has 8 nitrogen and oxygen atoms in total. The number of fused-ring (bicyclic) bond motifs is 1. The quantitative estimate of drug-likeness (QED) is 0.493. The number of benzene rings is 1. The third-order valence-corrected chi connectivity index (χ3v) is 6.70. The number of hydrogen-bond donors (Lipinski definition) is 1. The fraction of sp³-hybridized carbons (Fsp3) is 0.200. The second kappa shape index (κ2) is 8.42. The van der Waals surface area contributed by atoms with Crippen LogP contribution >= 0.6 is 11.3 Å². The zero-order valence-electron chi connectivity index (χ0n) is 19.2. The lowest BCUT2D eigenvalue weighted by Gasteiger charge is -2.23. The molecule has 1 aliphatic heterocycles. The minimum Gasteiger partial charge on any atom is -0.464 e. The Morgan fingerprint density at radius 2 is 1.97 bits per heavy atom. The molecule has 3 aromatic heterocycles. The first-order valence-corrected chi connectivity index (χ1v) is 11.6. The third-order valence-electron chi connectivity index (χ3n) is 5.71. The summed E-state index contributed by atoms with van der Waals surface area (Å²) in [7, 11) is 1.82. The molecule has 1 amide bonds. The smallest absolute Gasteiger partial charge is 0.271 e. The molecule has 34 heavy (non-hydrogen) atoms. The summed E-state index contributed by atoms with van der Waals surface area (Å²) in [6.07, 6.45) is 5.31. The molecule has 0 saturated heterocycles. The molecule has 9 heteroatoms. The minimum atomic E-state index is -0.731. The summed E-state index contributed by atoms with van der Waals surface area (Å²) in [5, 5.41) is 7.15. The third kappa shape index (κ3) is 3.84. The largest absolute Gasteiger partial charge is 0.464 e. The molecule has 1 unspecified atom stereocenters. The Morgan fingerprint density at radius 1 is 1.18 bits per heavy atom. The number of para-hydroxylation sites is 1. The Kier molecular flexibility index (Phi) is 5.41. The number of thiazole rings is 1. The molecular weight excluding hydrogens is 450 g/mol. The van der Waals surface area contributed by atoms with Gasteiger partial charge in [-0.1, -0.05) is 29.5 Å². The molecule has 1 aliphatic rings. The maximum Gasteiger partial charge on any atom is 0.271 e. The van der Waals surface area contributed by atoms with Crippen molar-refractivity contribution in [1.82, 2.24) is 14.3 Å². The van der Waals surface area contributed by atoms with E-state index in [1.54, 1.807) is 34.5 Å². The van der Waals surface area contributed by atoms with Crippen molar-refractivity contribution in [2.24, 2.45) is 12.0 Å². The predicted molar refractivity (Wildman–Crippen MR) is 130 cm³/mol. The summed E-state index contributed by atoms with van der Waals surface area (Å²) in [6.45, 7) is 5.55. The molecule has 0 spiro atoms. The van der Waals surface area contributed by atoms with Crippen molar-refractivity contribution in [3.05, 3.63) is 102 Å². The highest BCUT2D eigenvalue weighted by Crippen LogP contribution is 2.32. The number of nitrogens with one attached hydrogen (secondary N) is 1. The number of allylic oxidation sites excluding steroid dienone is 1. The molecule has 0 aliphatic carbocycles. The van der Waals surface area contributed by atoms with E-state index in [0.717, 1.165) is 11.1 Å². The van der Waals surface area contributed by atoms with Gasteiger partial charge in [0.15, 0.2) is 4.80 Å². The summed E-state index contributed by atoms with van der Waals surface area (Å²) in [5.41, 5.74) is 3.13. The summed E-state index contributed by atoms with van der Waals surface area (Å²) in [5.74, 6) is 0.882. The highest BCUT2D eigenvalue weighted by atomic mass is 32.1. The molecule has 1 atom stereocenters. The zero-order chi connectivity index (χ0) is 24.0. The number of anilines is 1. The lowest BCUT2D eigenvalue weighted by Crippen LogP contribution is -2.40. The van der Waals surface area contributed by atoms with Gasteiger partial charge in [-0.25, -0.2) is 4.99 Å². The van der Waals surface area contributed by atoms with E-state index in [4.69, 9.17) is 4.42 Å². The summed E-state index contributed by atoms with van der Waals surface area (Å²) >= 11 is 1.28. The number of aryl methyl sites for hydroxylation is 3. The molecule has 1 N–H and O–H groups in total. The van der Waals surface area contributed by atoms with Crippen LogP contribution < -0.4 is 20.2 Å². The van der Waals surface area contributed by atoms with Crippen LogP contribution in [0.2, 0.25) is 0 Å². The van der Waals surface area contributed by atoms with E-state index < -0.39 is 6.04 Å². The molecule has 1 aromatic carbocycles. The van der Waals surface area contributed by atoms with Gasteiger partial charge in [-0.15, -0.1) is 0 Å². The van der Waals surface area contributed by atoms with Crippen molar-refractivity contribution in [3.63, 3.8) is 0 Å². The van der Waals surface area contributed by atoms with Gasteiger partial charge in [-0.2, -0.15) is 5.10 Å². The molecule has 172 valence electrons. The van der Waals surface area contributed by atoms with Crippen molar-refractivity contribution >= 4 is 29.0 Å². The SMILES string of the molecule is CC1=C(C(=O)Nc2ccccc2C)C(c2ccc(C)o2)n2c(sc(=Cc3cnn(C)c3)c2=O)=N1. The van der Waals surface area contributed by atoms with Crippen LogP contribution in [0.4, 0.5) is 5.69 Å². The van der Waals surface area contributed by atoms with E-state index in [9.17, 15) is 9.59 Å². The molecular formula is C25H23N5O3S. The number of furan rings is 1. The van der Waals surface area contributed by atoms with Crippen LogP contribution in [0.15, 0.2) is 74.3 Å². The number of nitrogens with zero attached hydrogens (tertiary/aromatic N) is 4. The number of carbonyl (C=O) groups excluding carboxylic acids is 1. The summed E-state index contributed by atoms with van der Waals surface area (Å²) in [4.78, 5) is 32.3. The van der Waals surface area contributed by atoms with E-state index >= 15 is 0 Å². The number of hydrogen-bond acceptors (Lipinski definition) is 6. The standard InChI is InChI=1S/C25H23N5O3S/c1-14-7-5-6-8-18(14)28-23(31)21-16(3)27-25-30(22(21)19-10-9-15(2)33-19)24(32)20(34-25)11-17-12-26-29(4)13-17/h5-13,22H,1-4H3,(H,28,31). The lowest BCUT2D eigenvalue weighted by atomic mass is 10.00. The molecule has 0 saturated carbocycles. The molecule has 4 aromatic rings. The zero-order valence-corrected chi connectivity index (χ0v) is 20.0. The number of rotatable bonds is 4. The van der Waals surface area contributed by atoms with Gasteiger partial charge in [-0.3, -0.25) is 18.8 Å². The van der Waals surface area contributed by atoms with Gasteiger partial charge in [0.25, 0.3) is 11.5 Å². The van der Waals surface area contributed by atoms with Crippen molar-refractivity contribution < 1.29 is 9.21 Å². The van der Waals surface area contributed by atoms with E-state index in [0.29, 0.717) is 37.8 Å². The van der Waals surface area contributed by atoms with Crippen molar-refractivity contribution in [3.8, 4) is 0 Å². The van der Waals surface area contributed by atoms with Crippen LogP contribution in [0.25, 0.3) is 6.08 Å². The Hall–Kier alpha value is -3.98. The van der Waals surface area contributed by atoms with E-state index in [2.05, 4.69) is 15.4 Å². The summed E-state index contributed by atoms with van der Waals surface area (Å²) in [6, 6.07) is 10.5. The van der Waals surface area contributed by atoms with Gasteiger partial charge in [0, 0.05) is 24.5 Å². The fourth-order valence-electron chi connectivity index (χ4n) is 4.05. The van der Waals surface area contributed by atoms with Crippen LogP contribution in [0, 0.1) is 13.8 Å². The normalized spacial score (nSPS) is 15.9. The van der Waals surface area contributed by atoms with E-state index in [1.165, 1.54) is 11.3 Å². The van der Waals surface area contributed by atoms with Gasteiger partial charge < -0.3 is 9.73 Å². The monoisotopic (exact) mass is 473 g/mol. The molecule has 0 fully saturated rings. The Morgan fingerprint density at radius 3 is 2.65 bits per heavy atom. The predicted octanol–water partition coefficient (Wildman–Crippen LogP) is 2.82. The van der Waals surface area contributed by atoms with Crippen molar-refractivity contribution in [1.29, 1.82) is 0 Å². The topological polar surface area (TPSA) is 94.4 Å². The van der Waals surface area contributed by atoms with Crippen LogP contribution in [0.5, 0.6) is 0 Å². The minimum absolute atomic E-state index is 0.236. The second-order valence-electron chi connectivity index (χ2n) is 8.25. The number of amides is 1. The number of aromatic nitrogens is 3. The van der Waals surface area contributed by atoms with Gasteiger partial charge in [-0.05, 0) is 50.6 Å². The number of carbonyl (C=O) groups is 1. The second-order valence-corrected chi connectivity index (χ2v) is 9.26. The average Bonchev–Trinajstić information content (AvgIpc) is 3.48. The van der Waals surface area contributed by atoms with Crippen LogP contribution in [0.1, 0.15) is 35.6 Å². The average molecular weight is 474 g/mol. The molecule has 4 heterocycles. The van der Waals surface area contributed by atoms with Crippen molar-refractivity contribution in [2.45, 2.75) is 26.8 Å². The van der Waals surface area contributed by atoms with Gasteiger partial charge in [0.05, 0.1) is 22.0 Å². The lowest BCUT2D eigenvalue weighted by molar-refractivity contribution is -0.113. The Labute approximate surface area is 199 Å². The highest BCUT2D eigenvalue weighted by Gasteiger charge is 2.34. The highest BCUT2D eigenvalue weighted by molar-refractivity contribution is 7.07. The van der Waals surface area contributed by atoms with Gasteiger partial charge in [0.2, 0.25) is 0 Å². The van der Waals surface area contributed by atoms with Crippen molar-refractivity contribution in [2.75, 3.05) is 5.32 Å². The first-order valence-electron chi connectivity index (χ1n) is 10.8.